The summed E-state index contributed by atoms with van der Waals surface area (Å²) in [5, 5.41) is 4.15. The highest BCUT2D eigenvalue weighted by molar-refractivity contribution is 7.21. The molecule has 4 heteroatoms. The van der Waals surface area contributed by atoms with E-state index in [2.05, 4.69) is 34.6 Å². The Balaban J connectivity index is 2.04. The average Bonchev–Trinajstić information content (AvgIpc) is 2.90. The molecule has 2 aromatic carbocycles. The molecule has 0 spiro atoms. The van der Waals surface area contributed by atoms with Gasteiger partial charge in [-0.05, 0) is 42.5 Å². The summed E-state index contributed by atoms with van der Waals surface area (Å²) < 4.78 is 6.38. The molecule has 1 aromatic heterocycles. The van der Waals surface area contributed by atoms with Crippen LogP contribution in [0.25, 0.3) is 20.8 Å². The van der Waals surface area contributed by atoms with Crippen molar-refractivity contribution in [2.75, 3.05) is 19.5 Å². The van der Waals surface area contributed by atoms with Crippen LogP contribution in [0.2, 0.25) is 0 Å². The highest BCUT2D eigenvalue weighted by Crippen LogP contribution is 2.32. The molecule has 0 unspecified atom stereocenters. The Bertz CT molecular complexity index is 704. The molecule has 3 nitrogen and oxygen atoms in total. The number of aromatic nitrogens is 1. The lowest BCUT2D eigenvalue weighted by Gasteiger charge is -2.00. The molecule has 0 atom stereocenters. The quantitative estimate of drug-likeness (QED) is 0.780. The van der Waals surface area contributed by atoms with E-state index in [9.17, 15) is 0 Å². The standard InChI is InChI=1S/C15H14N2OS/c1-16-11-5-3-10(4-6-11)15-17-13-8-7-12(18-2)9-14(13)19-15/h3-9,16H,1-2H3/i2-1. The molecule has 19 heavy (non-hydrogen) atoms. The SMILES string of the molecule is CNc1ccc(-c2nc3ccc(O[11CH3])cc3s2)cc1. The number of ether oxygens (including phenoxy) is 1. The van der Waals surface area contributed by atoms with E-state index in [1.807, 2.05) is 25.2 Å². The van der Waals surface area contributed by atoms with E-state index in [4.69, 9.17) is 4.74 Å². The largest absolute Gasteiger partial charge is 0.497 e. The fourth-order valence-corrected chi connectivity index (χ4v) is 2.93. The number of anilines is 1. The smallest absolute Gasteiger partial charge is 0.124 e. The van der Waals surface area contributed by atoms with Crippen LogP contribution < -0.4 is 10.1 Å². The number of benzene rings is 2. The van der Waals surface area contributed by atoms with E-state index in [1.165, 1.54) is 0 Å². The van der Waals surface area contributed by atoms with Crippen molar-refractivity contribution in [3.63, 3.8) is 0 Å². The first-order valence-electron chi connectivity index (χ1n) is 6.03. The van der Waals surface area contributed by atoms with Crippen LogP contribution in [0.15, 0.2) is 42.5 Å². The van der Waals surface area contributed by atoms with Crippen molar-refractivity contribution in [1.29, 1.82) is 0 Å². The van der Waals surface area contributed by atoms with E-state index in [0.717, 1.165) is 32.2 Å². The molecule has 0 saturated heterocycles. The Labute approximate surface area is 115 Å². The fourth-order valence-electron chi connectivity index (χ4n) is 1.93. The molecule has 0 amide bonds. The number of hydrogen-bond acceptors (Lipinski definition) is 4. The van der Waals surface area contributed by atoms with Crippen LogP contribution >= 0.6 is 11.3 Å². The predicted octanol–water partition coefficient (Wildman–Crippen LogP) is 4.01. The number of thiazole rings is 1. The molecule has 3 aromatic rings. The summed E-state index contributed by atoms with van der Waals surface area (Å²) in [5.41, 5.74) is 3.25. The van der Waals surface area contributed by atoms with Crippen LogP contribution in [0.3, 0.4) is 0 Å². The van der Waals surface area contributed by atoms with Gasteiger partial charge in [-0.3, -0.25) is 0 Å². The summed E-state index contributed by atoms with van der Waals surface area (Å²) >= 11 is 1.68. The van der Waals surface area contributed by atoms with E-state index >= 15 is 0 Å². The number of nitrogens with zero attached hydrogens (tertiary/aromatic N) is 1. The first-order valence-corrected chi connectivity index (χ1v) is 6.84. The zero-order valence-electron chi connectivity index (χ0n) is 10.8. The van der Waals surface area contributed by atoms with Crippen LogP contribution in [0.5, 0.6) is 5.75 Å². The third-order valence-corrected chi connectivity index (χ3v) is 4.08. The van der Waals surface area contributed by atoms with E-state index in [1.54, 1.807) is 18.4 Å². The van der Waals surface area contributed by atoms with E-state index in [0.29, 0.717) is 0 Å². The predicted molar refractivity (Wildman–Crippen MR) is 81.2 cm³/mol. The van der Waals surface area contributed by atoms with Crippen molar-refractivity contribution in [1.82, 2.24) is 4.98 Å². The third-order valence-electron chi connectivity index (χ3n) is 3.02. The van der Waals surface area contributed by atoms with Gasteiger partial charge in [-0.1, -0.05) is 0 Å². The Morgan fingerprint density at radius 2 is 1.89 bits per heavy atom. The molecule has 0 aliphatic heterocycles. The molecule has 0 aliphatic carbocycles. The maximum Gasteiger partial charge on any atom is 0.124 e. The maximum atomic E-state index is 5.24. The number of nitrogens with one attached hydrogen (secondary N) is 1. The number of methoxy groups -OCH3 is 1. The van der Waals surface area contributed by atoms with Crippen LogP contribution in [-0.2, 0) is 0 Å². The zero-order valence-corrected chi connectivity index (χ0v) is 11.6. The minimum absolute atomic E-state index is 0.869. The van der Waals surface area contributed by atoms with Gasteiger partial charge >= 0.3 is 0 Å². The molecule has 0 saturated carbocycles. The van der Waals surface area contributed by atoms with Crippen LogP contribution in [-0.4, -0.2) is 19.1 Å². The van der Waals surface area contributed by atoms with E-state index < -0.39 is 0 Å². The van der Waals surface area contributed by atoms with Crippen LogP contribution in [0.1, 0.15) is 0 Å². The summed E-state index contributed by atoms with van der Waals surface area (Å²) in [6.07, 6.45) is 0. The Morgan fingerprint density at radius 3 is 2.58 bits per heavy atom. The lowest BCUT2D eigenvalue weighted by molar-refractivity contribution is 0.415. The van der Waals surface area contributed by atoms with Gasteiger partial charge < -0.3 is 10.1 Å². The molecular formula is C15H14N2OS. The molecular weight excluding hydrogens is 255 g/mol. The second-order valence-corrected chi connectivity index (χ2v) is 5.21. The Kier molecular flexibility index (Phi) is 3.09. The minimum Gasteiger partial charge on any atom is -0.497 e. The number of hydrogen-bond donors (Lipinski definition) is 1. The van der Waals surface area contributed by atoms with Gasteiger partial charge in [0.25, 0.3) is 0 Å². The summed E-state index contributed by atoms with van der Waals surface area (Å²) in [7, 11) is 3.60. The molecule has 0 fully saturated rings. The molecule has 1 heterocycles. The molecule has 0 aliphatic rings. The molecule has 3 rings (SSSR count). The second kappa shape index (κ2) is 4.90. The summed E-state index contributed by atoms with van der Waals surface area (Å²) in [6.45, 7) is 0. The summed E-state index contributed by atoms with van der Waals surface area (Å²) in [4.78, 5) is 4.66. The van der Waals surface area contributed by atoms with Crippen molar-refractivity contribution in [2.45, 2.75) is 0 Å². The first kappa shape index (κ1) is 12.0. The highest BCUT2D eigenvalue weighted by atomic mass is 32.1. The van der Waals surface area contributed by atoms with Gasteiger partial charge in [0, 0.05) is 18.3 Å². The Hall–Kier alpha value is -2.07. The molecule has 0 bridgehead atoms. The van der Waals surface area contributed by atoms with Crippen molar-refractivity contribution in [3.05, 3.63) is 42.5 Å². The second-order valence-electron chi connectivity index (χ2n) is 4.18. The van der Waals surface area contributed by atoms with Gasteiger partial charge in [-0.25, -0.2) is 4.98 Å². The fraction of sp³-hybridized carbons (Fsp3) is 0.133. The average molecular weight is 269 g/mol. The number of rotatable bonds is 3. The monoisotopic (exact) mass is 269 g/mol. The van der Waals surface area contributed by atoms with Gasteiger partial charge in [-0.15, -0.1) is 11.3 Å². The molecule has 1 N–H and O–H groups in total. The van der Waals surface area contributed by atoms with Gasteiger partial charge in [0.1, 0.15) is 10.8 Å². The van der Waals surface area contributed by atoms with E-state index in [-0.39, 0.29) is 0 Å². The lowest BCUT2D eigenvalue weighted by atomic mass is 10.2. The van der Waals surface area contributed by atoms with Gasteiger partial charge in [0.05, 0.1) is 17.3 Å². The topological polar surface area (TPSA) is 34.2 Å². The van der Waals surface area contributed by atoms with Crippen LogP contribution in [0, 0.1) is 0 Å². The highest BCUT2D eigenvalue weighted by Gasteiger charge is 2.07. The summed E-state index contributed by atoms with van der Waals surface area (Å²) in [6, 6.07) is 14.2. The molecule has 0 radical (unpaired) electrons. The van der Waals surface area contributed by atoms with Crippen molar-refractivity contribution in [3.8, 4) is 16.3 Å². The molecule has 96 valence electrons. The maximum absolute atomic E-state index is 5.24. The van der Waals surface area contributed by atoms with Gasteiger partial charge in [0.15, 0.2) is 0 Å². The lowest BCUT2D eigenvalue weighted by Crippen LogP contribution is -1.86. The van der Waals surface area contributed by atoms with Gasteiger partial charge in [0.2, 0.25) is 0 Å². The van der Waals surface area contributed by atoms with Crippen molar-refractivity contribution in [2.24, 2.45) is 0 Å². The first-order chi connectivity index (χ1) is 9.30. The minimum atomic E-state index is 0.869. The van der Waals surface area contributed by atoms with Gasteiger partial charge in [-0.2, -0.15) is 0 Å². The normalized spacial score (nSPS) is 10.6. The zero-order chi connectivity index (χ0) is 13.2. The van der Waals surface area contributed by atoms with Crippen molar-refractivity contribution >= 4 is 27.2 Å². The Morgan fingerprint density at radius 1 is 1.11 bits per heavy atom. The third kappa shape index (κ3) is 2.27. The van der Waals surface area contributed by atoms with Crippen LogP contribution in [0.4, 0.5) is 5.69 Å². The summed E-state index contributed by atoms with van der Waals surface area (Å²) in [5.74, 6) is 0.869. The van der Waals surface area contributed by atoms with Crippen molar-refractivity contribution < 1.29 is 4.74 Å². The number of fused-ring (bicyclic) bond motifs is 1.